The summed E-state index contributed by atoms with van der Waals surface area (Å²) in [7, 11) is 0. The van der Waals surface area contributed by atoms with E-state index in [0.29, 0.717) is 39.8 Å². The Kier molecular flexibility index (Phi) is 5.71. The summed E-state index contributed by atoms with van der Waals surface area (Å²) >= 11 is 1.26. The van der Waals surface area contributed by atoms with Gasteiger partial charge in [-0.2, -0.15) is 0 Å². The van der Waals surface area contributed by atoms with E-state index in [9.17, 15) is 9.59 Å². The Balaban J connectivity index is 1.50. The first-order valence-electron chi connectivity index (χ1n) is 9.47. The third-order valence-corrected chi connectivity index (χ3v) is 5.53. The molecule has 0 saturated carbocycles. The first-order chi connectivity index (χ1) is 14.2. The first-order valence-corrected chi connectivity index (χ1v) is 10.5. The summed E-state index contributed by atoms with van der Waals surface area (Å²) in [6, 6.07) is 12.6. The molecular formula is C21H21N3O4S. The molecule has 7 nitrogen and oxygen atoms in total. The van der Waals surface area contributed by atoms with Crippen LogP contribution in [0.2, 0.25) is 0 Å². The maximum absolute atomic E-state index is 12.9. The van der Waals surface area contributed by atoms with Crippen molar-refractivity contribution in [3.05, 3.63) is 52.8 Å². The number of benzene rings is 2. The molecule has 0 unspecified atom stereocenters. The van der Waals surface area contributed by atoms with Crippen molar-refractivity contribution in [2.45, 2.75) is 31.5 Å². The van der Waals surface area contributed by atoms with Gasteiger partial charge in [-0.25, -0.2) is 4.98 Å². The van der Waals surface area contributed by atoms with Crippen LogP contribution in [0.3, 0.4) is 0 Å². The van der Waals surface area contributed by atoms with Crippen LogP contribution in [-0.2, 0) is 11.3 Å². The molecule has 0 atom stereocenters. The predicted octanol–water partition coefficient (Wildman–Crippen LogP) is 3.66. The third kappa shape index (κ3) is 4.22. The average Bonchev–Trinajstić information content (AvgIpc) is 3.20. The minimum atomic E-state index is -0.182. The van der Waals surface area contributed by atoms with E-state index in [4.69, 9.17) is 9.47 Å². The largest absolute Gasteiger partial charge is 0.454 e. The lowest BCUT2D eigenvalue weighted by Crippen LogP contribution is -2.24. The van der Waals surface area contributed by atoms with Crippen LogP contribution in [0.5, 0.6) is 11.5 Å². The fourth-order valence-electron chi connectivity index (χ4n) is 3.07. The normalized spacial score (nSPS) is 12.3. The molecule has 0 radical (unpaired) electrons. The number of aromatic nitrogens is 2. The van der Waals surface area contributed by atoms with E-state index in [1.807, 2.05) is 18.2 Å². The van der Waals surface area contributed by atoms with Crippen LogP contribution < -0.4 is 20.3 Å². The number of rotatable bonds is 7. The quantitative estimate of drug-likeness (QED) is 0.472. The lowest BCUT2D eigenvalue weighted by atomic mass is 10.2. The minimum Gasteiger partial charge on any atom is -0.454 e. The van der Waals surface area contributed by atoms with Crippen molar-refractivity contribution in [3.8, 4) is 11.5 Å². The molecule has 8 heteroatoms. The molecule has 3 aromatic rings. The molecule has 0 bridgehead atoms. The number of carbonyl (C=O) groups excluding carboxylic acids is 1. The number of nitrogens with zero attached hydrogens (tertiary/aromatic N) is 2. The molecule has 1 N–H and O–H groups in total. The highest BCUT2D eigenvalue weighted by Crippen LogP contribution is 2.34. The van der Waals surface area contributed by atoms with Crippen molar-refractivity contribution in [2.24, 2.45) is 0 Å². The number of unbranched alkanes of at least 4 members (excludes halogenated alkanes) is 1. The average molecular weight is 411 g/mol. The van der Waals surface area contributed by atoms with E-state index >= 15 is 0 Å². The second-order valence-electron chi connectivity index (χ2n) is 6.63. The van der Waals surface area contributed by atoms with Crippen LogP contribution in [0.25, 0.3) is 10.9 Å². The predicted molar refractivity (Wildman–Crippen MR) is 113 cm³/mol. The van der Waals surface area contributed by atoms with Crippen LogP contribution in [-0.4, -0.2) is 28.0 Å². The Morgan fingerprint density at radius 2 is 2.03 bits per heavy atom. The number of nitrogens with one attached hydrogen (secondary N) is 1. The Labute approximate surface area is 172 Å². The zero-order valence-corrected chi connectivity index (χ0v) is 16.8. The number of fused-ring (bicyclic) bond motifs is 2. The topological polar surface area (TPSA) is 82.5 Å². The van der Waals surface area contributed by atoms with Crippen molar-refractivity contribution < 1.29 is 14.3 Å². The van der Waals surface area contributed by atoms with Crippen molar-refractivity contribution in [1.29, 1.82) is 0 Å². The number of amides is 1. The Morgan fingerprint density at radius 1 is 1.21 bits per heavy atom. The molecule has 1 aromatic heterocycles. The van der Waals surface area contributed by atoms with E-state index in [2.05, 4.69) is 17.2 Å². The molecule has 150 valence electrons. The number of anilines is 1. The molecule has 4 rings (SSSR count). The molecule has 1 aliphatic heterocycles. The fraction of sp³-hybridized carbons (Fsp3) is 0.286. The molecule has 2 aromatic carbocycles. The second kappa shape index (κ2) is 8.57. The van der Waals surface area contributed by atoms with Gasteiger partial charge in [-0.3, -0.25) is 14.2 Å². The maximum Gasteiger partial charge on any atom is 0.262 e. The van der Waals surface area contributed by atoms with Crippen LogP contribution in [0, 0.1) is 0 Å². The summed E-state index contributed by atoms with van der Waals surface area (Å²) in [5.74, 6) is 1.24. The van der Waals surface area contributed by atoms with Gasteiger partial charge in [0.1, 0.15) is 0 Å². The fourth-order valence-corrected chi connectivity index (χ4v) is 3.90. The number of hydrogen-bond acceptors (Lipinski definition) is 6. The van der Waals surface area contributed by atoms with Crippen LogP contribution in [0.4, 0.5) is 5.69 Å². The highest BCUT2D eigenvalue weighted by atomic mass is 32.2. The molecule has 0 saturated heterocycles. The van der Waals surface area contributed by atoms with E-state index in [-0.39, 0.29) is 24.0 Å². The lowest BCUT2D eigenvalue weighted by molar-refractivity contribution is -0.113. The highest BCUT2D eigenvalue weighted by Gasteiger charge is 2.16. The molecule has 29 heavy (non-hydrogen) atoms. The smallest absolute Gasteiger partial charge is 0.262 e. The van der Waals surface area contributed by atoms with E-state index < -0.39 is 0 Å². The number of ether oxygens (including phenoxy) is 2. The van der Waals surface area contributed by atoms with Gasteiger partial charge in [-0.1, -0.05) is 37.2 Å². The zero-order valence-electron chi connectivity index (χ0n) is 16.0. The first kappa shape index (κ1) is 19.3. The van der Waals surface area contributed by atoms with Gasteiger partial charge in [0.25, 0.3) is 5.56 Å². The summed E-state index contributed by atoms with van der Waals surface area (Å²) in [5, 5.41) is 4.00. The third-order valence-electron chi connectivity index (χ3n) is 4.55. The Bertz CT molecular complexity index is 1110. The standard InChI is InChI=1S/C21H21N3O4S/c1-2-3-10-24-20(26)15-6-4-5-7-16(15)23-21(24)29-12-19(25)22-14-8-9-17-18(11-14)28-13-27-17/h4-9,11H,2-3,10,12-13H2,1H3,(H,22,25). The molecule has 1 aliphatic rings. The monoisotopic (exact) mass is 411 g/mol. The molecule has 0 spiro atoms. The second-order valence-corrected chi connectivity index (χ2v) is 7.57. The summed E-state index contributed by atoms with van der Waals surface area (Å²) in [6.45, 7) is 2.84. The van der Waals surface area contributed by atoms with Crippen LogP contribution in [0.1, 0.15) is 19.8 Å². The number of carbonyl (C=O) groups is 1. The maximum atomic E-state index is 12.9. The number of hydrogen-bond donors (Lipinski definition) is 1. The van der Waals surface area contributed by atoms with Gasteiger partial charge in [0.15, 0.2) is 16.7 Å². The van der Waals surface area contributed by atoms with Crippen molar-refractivity contribution in [3.63, 3.8) is 0 Å². The van der Waals surface area contributed by atoms with Crippen molar-refractivity contribution >= 4 is 34.3 Å². The van der Waals surface area contributed by atoms with Gasteiger partial charge in [-0.15, -0.1) is 0 Å². The summed E-state index contributed by atoms with van der Waals surface area (Å²) in [6.07, 6.45) is 1.84. The van der Waals surface area contributed by atoms with Gasteiger partial charge in [0, 0.05) is 18.3 Å². The molecule has 2 heterocycles. The van der Waals surface area contributed by atoms with Gasteiger partial charge >= 0.3 is 0 Å². The van der Waals surface area contributed by atoms with Gasteiger partial charge in [0.05, 0.1) is 16.7 Å². The van der Waals surface area contributed by atoms with Crippen molar-refractivity contribution in [2.75, 3.05) is 17.9 Å². The SMILES string of the molecule is CCCCn1c(SCC(=O)Nc2ccc3c(c2)OCO3)nc2ccccc2c1=O. The molecular weight excluding hydrogens is 390 g/mol. The van der Waals surface area contributed by atoms with Crippen molar-refractivity contribution in [1.82, 2.24) is 9.55 Å². The van der Waals surface area contributed by atoms with Gasteiger partial charge in [-0.05, 0) is 30.7 Å². The van der Waals surface area contributed by atoms with E-state index in [0.717, 1.165) is 12.8 Å². The molecule has 0 fully saturated rings. The summed E-state index contributed by atoms with van der Waals surface area (Å²) in [5.41, 5.74) is 1.21. The Hall–Kier alpha value is -3.00. The highest BCUT2D eigenvalue weighted by molar-refractivity contribution is 7.99. The van der Waals surface area contributed by atoms with E-state index in [1.54, 1.807) is 28.8 Å². The van der Waals surface area contributed by atoms with Gasteiger partial charge in [0.2, 0.25) is 12.7 Å². The zero-order chi connectivity index (χ0) is 20.2. The molecule has 0 aliphatic carbocycles. The molecule has 1 amide bonds. The lowest BCUT2D eigenvalue weighted by Gasteiger charge is -2.13. The van der Waals surface area contributed by atoms with Crippen LogP contribution in [0.15, 0.2) is 52.4 Å². The number of para-hydroxylation sites is 1. The summed E-state index contributed by atoms with van der Waals surface area (Å²) in [4.78, 5) is 29.9. The minimum absolute atomic E-state index is 0.0669. The Morgan fingerprint density at radius 3 is 2.90 bits per heavy atom. The van der Waals surface area contributed by atoms with Crippen LogP contribution >= 0.6 is 11.8 Å². The van der Waals surface area contributed by atoms with E-state index in [1.165, 1.54) is 11.8 Å². The number of thioether (sulfide) groups is 1. The van der Waals surface area contributed by atoms with Gasteiger partial charge < -0.3 is 14.8 Å². The summed E-state index contributed by atoms with van der Waals surface area (Å²) < 4.78 is 12.3.